The van der Waals surface area contributed by atoms with Gasteiger partial charge in [-0.2, -0.15) is 11.8 Å². The maximum atomic E-state index is 11.1. The van der Waals surface area contributed by atoms with Crippen LogP contribution in [0.4, 0.5) is 0 Å². The molecule has 0 aliphatic rings. The lowest BCUT2D eigenvalue weighted by Crippen LogP contribution is -2.41. The maximum Gasteiger partial charge on any atom is 0.327 e. The summed E-state index contributed by atoms with van der Waals surface area (Å²) in [5, 5.41) is 19.1. The zero-order chi connectivity index (χ0) is 19.2. The fraction of sp³-hybridized carbons (Fsp3) is 0.600. The second kappa shape index (κ2) is 13.8. The molecule has 3 N–H and O–H groups in total. The normalized spacial score (nSPS) is 13.3. The minimum absolute atomic E-state index is 0.187. The number of hydrogen-bond acceptors (Lipinski definition) is 3. The first-order valence-electron chi connectivity index (χ1n) is 8.79. The molecule has 25 heavy (non-hydrogen) atoms. The molecule has 0 aromatic rings. The molecule has 0 aromatic carbocycles. The molecule has 0 spiro atoms. The molecule has 1 atom stereocenters. The van der Waals surface area contributed by atoms with Gasteiger partial charge in [0.1, 0.15) is 6.04 Å². The fourth-order valence-corrected chi connectivity index (χ4v) is 3.16. The molecule has 0 aliphatic carbocycles. The van der Waals surface area contributed by atoms with Gasteiger partial charge in [0, 0.05) is 11.5 Å². The monoisotopic (exact) mass is 366 g/mol. The van der Waals surface area contributed by atoms with Crippen LogP contribution in [0.5, 0.6) is 0 Å². The van der Waals surface area contributed by atoms with Gasteiger partial charge in [-0.25, -0.2) is 4.79 Å². The molecule has 0 radical (unpaired) electrons. The Morgan fingerprint density at radius 1 is 1.04 bits per heavy atom. The van der Waals surface area contributed by atoms with Crippen LogP contribution in [0.15, 0.2) is 34.9 Å². The van der Waals surface area contributed by atoms with Crippen LogP contribution in [0.25, 0.3) is 0 Å². The van der Waals surface area contributed by atoms with Crippen molar-refractivity contribution in [2.75, 3.05) is 11.5 Å². The number of amidine groups is 1. The molecule has 0 bridgehead atoms. The number of thioether (sulfide) groups is 1. The molecule has 0 amide bonds. The lowest BCUT2D eigenvalue weighted by Gasteiger charge is -2.13. The van der Waals surface area contributed by atoms with Crippen molar-refractivity contribution >= 4 is 23.6 Å². The summed E-state index contributed by atoms with van der Waals surface area (Å²) >= 11 is 1.58. The lowest BCUT2D eigenvalue weighted by molar-refractivity contribution is -0.138. The van der Waals surface area contributed by atoms with Crippen LogP contribution in [0, 0.1) is 5.41 Å². The molecule has 5 heteroatoms. The van der Waals surface area contributed by atoms with E-state index in [0.29, 0.717) is 5.75 Å². The van der Waals surface area contributed by atoms with E-state index < -0.39 is 12.0 Å². The zero-order valence-electron chi connectivity index (χ0n) is 16.3. The van der Waals surface area contributed by atoms with Crippen molar-refractivity contribution in [3.05, 3.63) is 34.9 Å². The summed E-state index contributed by atoms with van der Waals surface area (Å²) in [6.07, 6.45) is 11.1. The Hall–Kier alpha value is -1.49. The van der Waals surface area contributed by atoms with E-state index in [-0.39, 0.29) is 5.84 Å². The second-order valence-electron chi connectivity index (χ2n) is 6.66. The van der Waals surface area contributed by atoms with Crippen LogP contribution >= 0.6 is 11.8 Å². The summed E-state index contributed by atoms with van der Waals surface area (Å²) in [7, 11) is 0. The highest BCUT2D eigenvalue weighted by molar-refractivity contribution is 7.99. The van der Waals surface area contributed by atoms with E-state index in [4.69, 9.17) is 10.5 Å². The average Bonchev–Trinajstić information content (AvgIpc) is 2.49. The molecule has 0 saturated carbocycles. The van der Waals surface area contributed by atoms with Crippen molar-refractivity contribution in [3.8, 4) is 0 Å². The fourth-order valence-electron chi connectivity index (χ4n) is 2.16. The van der Waals surface area contributed by atoms with E-state index in [0.717, 1.165) is 31.4 Å². The van der Waals surface area contributed by atoms with Gasteiger partial charge < -0.3 is 10.4 Å². The largest absolute Gasteiger partial charge is 0.480 e. The topological polar surface area (TPSA) is 73.2 Å². The predicted molar refractivity (Wildman–Crippen MR) is 111 cm³/mol. The Kier molecular flexibility index (Phi) is 12.9. The van der Waals surface area contributed by atoms with Crippen molar-refractivity contribution in [2.45, 2.75) is 66.3 Å². The van der Waals surface area contributed by atoms with Crippen molar-refractivity contribution in [3.63, 3.8) is 0 Å². The Morgan fingerprint density at radius 3 is 2.12 bits per heavy atom. The standard InChI is InChI=1S/C20H34N2O2S/c1-15(2)8-6-9-16(3)10-7-11-17(4)12-13-25-14-19(20(23)24)22-18(5)21/h8,10,12,19H,6-7,9,11,13-14H2,1-5H3,(H2,21,22)(H,23,24). The van der Waals surface area contributed by atoms with Crippen LogP contribution in [-0.2, 0) is 4.79 Å². The third-order valence-corrected chi connectivity index (χ3v) is 4.62. The van der Waals surface area contributed by atoms with E-state index in [1.165, 1.54) is 16.7 Å². The number of hydrogen-bond donors (Lipinski definition) is 3. The highest BCUT2D eigenvalue weighted by Crippen LogP contribution is 2.13. The van der Waals surface area contributed by atoms with Crippen molar-refractivity contribution < 1.29 is 9.90 Å². The summed E-state index contributed by atoms with van der Waals surface area (Å²) in [4.78, 5) is 11.1. The van der Waals surface area contributed by atoms with Crippen molar-refractivity contribution in [1.82, 2.24) is 5.32 Å². The summed E-state index contributed by atoms with van der Waals surface area (Å²) in [5.74, 6) is 0.538. The van der Waals surface area contributed by atoms with Crippen molar-refractivity contribution in [1.29, 1.82) is 5.41 Å². The number of carbonyl (C=O) groups is 1. The number of allylic oxidation sites excluding steroid dienone is 5. The molecule has 4 nitrogen and oxygen atoms in total. The van der Waals surface area contributed by atoms with Gasteiger partial charge in [-0.05, 0) is 60.3 Å². The second-order valence-corrected chi connectivity index (χ2v) is 7.73. The number of carboxylic acids is 1. The van der Waals surface area contributed by atoms with Crippen LogP contribution in [0.3, 0.4) is 0 Å². The predicted octanol–water partition coefficient (Wildman–Crippen LogP) is 5.18. The first-order chi connectivity index (χ1) is 11.7. The maximum absolute atomic E-state index is 11.1. The number of rotatable bonds is 12. The number of aliphatic carboxylic acids is 1. The van der Waals surface area contributed by atoms with E-state index in [9.17, 15) is 4.79 Å². The van der Waals surface area contributed by atoms with E-state index in [2.05, 4.69) is 51.2 Å². The summed E-state index contributed by atoms with van der Waals surface area (Å²) in [6, 6.07) is -0.692. The molecule has 0 saturated heterocycles. The van der Waals surface area contributed by atoms with E-state index in [1.807, 2.05) is 0 Å². The van der Waals surface area contributed by atoms with Crippen LogP contribution < -0.4 is 5.32 Å². The van der Waals surface area contributed by atoms with Gasteiger partial charge in [0.05, 0.1) is 5.84 Å². The van der Waals surface area contributed by atoms with Gasteiger partial charge in [-0.15, -0.1) is 0 Å². The third-order valence-electron chi connectivity index (χ3n) is 3.65. The molecule has 1 unspecified atom stereocenters. The van der Waals surface area contributed by atoms with Crippen LogP contribution in [0.2, 0.25) is 0 Å². The first kappa shape index (κ1) is 23.5. The Bertz CT molecular complexity index is 518. The quantitative estimate of drug-likeness (QED) is 0.193. The van der Waals surface area contributed by atoms with Gasteiger partial charge in [0.25, 0.3) is 0 Å². The number of nitrogens with one attached hydrogen (secondary N) is 2. The van der Waals surface area contributed by atoms with Gasteiger partial charge in [0.2, 0.25) is 0 Å². The van der Waals surface area contributed by atoms with Gasteiger partial charge in [-0.1, -0.05) is 34.9 Å². The van der Waals surface area contributed by atoms with Crippen LogP contribution in [-0.4, -0.2) is 34.5 Å². The molecule has 0 rings (SSSR count). The Balaban J connectivity index is 4.07. The highest BCUT2D eigenvalue weighted by atomic mass is 32.2. The smallest absolute Gasteiger partial charge is 0.327 e. The molecule has 0 heterocycles. The highest BCUT2D eigenvalue weighted by Gasteiger charge is 2.16. The minimum atomic E-state index is -0.909. The van der Waals surface area contributed by atoms with Gasteiger partial charge in [-0.3, -0.25) is 5.41 Å². The zero-order valence-corrected chi connectivity index (χ0v) is 17.1. The molecular weight excluding hydrogens is 332 g/mol. The molecule has 0 aliphatic heterocycles. The molecule has 0 aromatic heterocycles. The molecule has 142 valence electrons. The van der Waals surface area contributed by atoms with Gasteiger partial charge >= 0.3 is 5.97 Å². The summed E-state index contributed by atoms with van der Waals surface area (Å²) < 4.78 is 0. The van der Waals surface area contributed by atoms with E-state index >= 15 is 0 Å². The molecular formula is C20H34N2O2S. The first-order valence-corrected chi connectivity index (χ1v) is 9.94. The Morgan fingerprint density at radius 2 is 1.60 bits per heavy atom. The Labute approximate surface area is 157 Å². The van der Waals surface area contributed by atoms with Crippen molar-refractivity contribution in [2.24, 2.45) is 0 Å². The minimum Gasteiger partial charge on any atom is -0.480 e. The summed E-state index contributed by atoms with van der Waals surface area (Å²) in [5.41, 5.74) is 4.15. The van der Waals surface area contributed by atoms with E-state index in [1.54, 1.807) is 18.7 Å². The summed E-state index contributed by atoms with van der Waals surface area (Å²) in [6.45, 7) is 10.1. The van der Waals surface area contributed by atoms with Crippen LogP contribution in [0.1, 0.15) is 60.3 Å². The SMILES string of the molecule is CC(=N)NC(CSCC=C(C)CCC=C(C)CCC=C(C)C)C(=O)O. The third kappa shape index (κ3) is 14.6. The molecule has 0 fully saturated rings. The lowest BCUT2D eigenvalue weighted by atomic mass is 10.1. The average molecular weight is 367 g/mol. The van der Waals surface area contributed by atoms with Gasteiger partial charge in [0.15, 0.2) is 0 Å². The number of carboxylic acid groups (broad SMARTS) is 1.